The van der Waals surface area contributed by atoms with Crippen LogP contribution in [0.15, 0.2) is 0 Å². The van der Waals surface area contributed by atoms with Gasteiger partial charge in [-0.3, -0.25) is 0 Å². The zero-order valence-corrected chi connectivity index (χ0v) is 27.6. The van der Waals surface area contributed by atoms with Gasteiger partial charge in [0, 0.05) is 25.2 Å². The number of carbonyl (C=O) groups excluding carboxylic acids is 3. The molecule has 17 nitrogen and oxygen atoms in total. The van der Waals surface area contributed by atoms with Crippen LogP contribution in [0.5, 0.6) is 0 Å². The third-order valence-corrected chi connectivity index (χ3v) is 5.77. The number of aliphatic hydroxyl groups is 7. The quantitative estimate of drug-likeness (QED) is 0.103. The molecule has 2 rings (SSSR count). The molecule has 0 spiro atoms. The van der Waals surface area contributed by atoms with E-state index in [4.69, 9.17) is 24.1 Å². The van der Waals surface area contributed by atoms with E-state index < -0.39 is 117 Å². The molecule has 2 aliphatic rings. The van der Waals surface area contributed by atoms with Crippen molar-refractivity contribution in [1.82, 2.24) is 0 Å². The van der Waals surface area contributed by atoms with Crippen LogP contribution < -0.4 is 104 Å². The normalized spacial score (nSPS) is 35.8. The van der Waals surface area contributed by atoms with Crippen molar-refractivity contribution in [3.8, 4) is 0 Å². The summed E-state index contributed by atoms with van der Waals surface area (Å²) in [5.41, 5.74) is 0. The number of hydrogen-bond acceptors (Lipinski definition) is 17. The second-order valence-corrected chi connectivity index (χ2v) is 8.37. The van der Waals surface area contributed by atoms with Crippen molar-refractivity contribution in [2.45, 2.75) is 79.7 Å². The van der Waals surface area contributed by atoms with Crippen molar-refractivity contribution in [3.63, 3.8) is 0 Å². The van der Waals surface area contributed by atoms with Crippen LogP contribution in [0, 0.1) is 0 Å². The average Bonchev–Trinajstić information content (AvgIpc) is 2.80. The summed E-state index contributed by atoms with van der Waals surface area (Å²) in [6.45, 7) is -2.94. The van der Waals surface area contributed by atoms with Crippen molar-refractivity contribution in [1.29, 1.82) is 0 Å². The fourth-order valence-electron chi connectivity index (χ4n) is 3.80. The van der Waals surface area contributed by atoms with E-state index in [1.54, 1.807) is 0 Å². The topological polar surface area (TPSA) is 299 Å². The molecule has 0 aromatic heterocycles. The van der Waals surface area contributed by atoms with Gasteiger partial charge in [-0.15, -0.1) is 0 Å². The first-order valence-electron chi connectivity index (χ1n) is 10.6. The Kier molecular flexibility index (Phi) is 19.4. The van der Waals surface area contributed by atoms with E-state index in [1.165, 1.54) is 0 Å². The predicted molar refractivity (Wildman–Crippen MR) is 99.1 cm³/mol. The van der Waals surface area contributed by atoms with Gasteiger partial charge >= 0.3 is 88.7 Å². The Morgan fingerprint density at radius 3 is 1.59 bits per heavy atom. The van der Waals surface area contributed by atoms with Gasteiger partial charge < -0.3 is 84.4 Å². The molecular weight excluding hydrogens is 569 g/mol. The molecule has 2 heterocycles. The van der Waals surface area contributed by atoms with Crippen molar-refractivity contribution in [2.75, 3.05) is 19.8 Å². The summed E-state index contributed by atoms with van der Waals surface area (Å²) in [6.07, 6.45) is -18.2. The van der Waals surface area contributed by atoms with E-state index in [0.717, 1.165) is 0 Å². The molecular formula is C19H27Na3O17. The molecule has 0 aromatic rings. The van der Waals surface area contributed by atoms with Crippen LogP contribution in [-0.4, -0.2) is 134 Å². The number of carboxylic acids is 3. The zero-order valence-electron chi connectivity index (χ0n) is 21.6. The minimum absolute atomic E-state index is 0. The number of rotatable bonds is 12. The monoisotopic (exact) mass is 596 g/mol. The zero-order chi connectivity index (χ0) is 27.4. The number of aliphatic carboxylic acids is 3. The Labute approximate surface area is 287 Å². The first-order valence-corrected chi connectivity index (χ1v) is 10.6. The minimum Gasteiger partial charge on any atom is -0.550 e. The van der Waals surface area contributed by atoms with Crippen LogP contribution in [0.4, 0.5) is 0 Å². The van der Waals surface area contributed by atoms with Crippen molar-refractivity contribution in [3.05, 3.63) is 0 Å². The standard InChI is InChI=1S/C19H30O17.3Na/c20-5-9(23)14-12(27)8(22)4-19(35-14,17(31)32)34-6-10(24)15-13(28)7(21)3-18(36-15,16(29)30)33-2-1-11(25)26;;;/h7-10,12-15,20-24,27-28H,1-6H2,(H,25,26)(H,29,30)(H,31,32);;;/q;3*+1/p-3/t7-,8-,9-,10-,12-,13-,14-,15-,18-,19-;;;/m1.../s1. The third kappa shape index (κ3) is 10.3. The Morgan fingerprint density at radius 1 is 0.795 bits per heavy atom. The van der Waals surface area contributed by atoms with Gasteiger partial charge in [0.1, 0.15) is 48.6 Å². The summed E-state index contributed by atoms with van der Waals surface area (Å²) in [7, 11) is 0. The number of aliphatic hydroxyl groups excluding tert-OH is 7. The fourth-order valence-corrected chi connectivity index (χ4v) is 3.80. The first kappa shape index (κ1) is 42.1. The van der Waals surface area contributed by atoms with Crippen LogP contribution in [-0.2, 0) is 33.3 Å². The van der Waals surface area contributed by atoms with Crippen LogP contribution in [0.3, 0.4) is 0 Å². The molecule has 7 N–H and O–H groups in total. The smallest absolute Gasteiger partial charge is 0.550 e. The maximum atomic E-state index is 11.8. The van der Waals surface area contributed by atoms with Gasteiger partial charge in [0.05, 0.1) is 32.0 Å². The van der Waals surface area contributed by atoms with E-state index >= 15 is 0 Å². The molecule has 0 radical (unpaired) electrons. The summed E-state index contributed by atoms with van der Waals surface area (Å²) in [6, 6.07) is 0. The van der Waals surface area contributed by atoms with Crippen LogP contribution in [0.2, 0.25) is 0 Å². The summed E-state index contributed by atoms with van der Waals surface area (Å²) < 4.78 is 20.1. The molecule has 39 heavy (non-hydrogen) atoms. The van der Waals surface area contributed by atoms with Gasteiger partial charge in [0.2, 0.25) is 11.6 Å². The van der Waals surface area contributed by atoms with Crippen LogP contribution in [0.1, 0.15) is 19.3 Å². The van der Waals surface area contributed by atoms with Gasteiger partial charge in [0.25, 0.3) is 0 Å². The van der Waals surface area contributed by atoms with Crippen molar-refractivity contribution >= 4 is 17.9 Å². The van der Waals surface area contributed by atoms with Gasteiger partial charge in [-0.25, -0.2) is 0 Å². The molecule has 10 atom stereocenters. The van der Waals surface area contributed by atoms with Gasteiger partial charge in [0.15, 0.2) is 0 Å². The number of carbonyl (C=O) groups is 3. The molecule has 20 heteroatoms. The molecule has 0 amide bonds. The predicted octanol–water partition coefficient (Wildman–Crippen LogP) is -18.2. The molecule has 0 saturated carbocycles. The van der Waals surface area contributed by atoms with Crippen molar-refractivity contribution < 1.29 is 173 Å². The second kappa shape index (κ2) is 17.9. The van der Waals surface area contributed by atoms with E-state index in [2.05, 4.69) is 0 Å². The molecule has 2 aliphatic heterocycles. The van der Waals surface area contributed by atoms with E-state index in [-0.39, 0.29) is 88.7 Å². The summed E-state index contributed by atoms with van der Waals surface area (Å²) in [5, 5.41) is 104. The summed E-state index contributed by atoms with van der Waals surface area (Å²) in [4.78, 5) is 34.1. The minimum atomic E-state index is -2.91. The molecule has 0 aromatic carbocycles. The van der Waals surface area contributed by atoms with E-state index in [9.17, 15) is 60.3 Å². The van der Waals surface area contributed by atoms with Crippen molar-refractivity contribution in [2.24, 2.45) is 0 Å². The molecule has 0 unspecified atom stereocenters. The fraction of sp³-hybridized carbons (Fsp3) is 0.842. The number of ether oxygens (including phenoxy) is 4. The maximum Gasteiger partial charge on any atom is 1.00 e. The maximum absolute atomic E-state index is 11.8. The van der Waals surface area contributed by atoms with Crippen LogP contribution >= 0.6 is 0 Å². The largest absolute Gasteiger partial charge is 1.00 e. The third-order valence-electron chi connectivity index (χ3n) is 5.77. The van der Waals surface area contributed by atoms with Gasteiger partial charge in [-0.2, -0.15) is 0 Å². The number of carboxylic acid groups (broad SMARTS) is 3. The molecule has 2 saturated heterocycles. The molecule has 2 fully saturated rings. The Morgan fingerprint density at radius 2 is 1.21 bits per heavy atom. The Hall–Kier alpha value is 0.970. The summed E-state index contributed by atoms with van der Waals surface area (Å²) in [5.74, 6) is -11.6. The second-order valence-electron chi connectivity index (χ2n) is 8.37. The van der Waals surface area contributed by atoms with Crippen LogP contribution in [0.25, 0.3) is 0 Å². The Balaban J connectivity index is 0. The molecule has 0 bridgehead atoms. The van der Waals surface area contributed by atoms with E-state index in [0.29, 0.717) is 0 Å². The molecule has 208 valence electrons. The first-order chi connectivity index (χ1) is 16.7. The Bertz CT molecular complexity index is 807. The van der Waals surface area contributed by atoms with Gasteiger partial charge in [-0.1, -0.05) is 0 Å². The number of hydrogen-bond donors (Lipinski definition) is 7. The SMILES string of the molecule is O=C([O-])CCO[C@]1(C(=O)[O-])C[C@@H](O)[C@@H](O)[C@@H]([C@H](O)CO[C@]2(C(=O)[O-])C[C@@H](O)[C@@H](O)[C@@H]([C@H](O)CO)O2)O1.[Na+].[Na+].[Na+]. The van der Waals surface area contributed by atoms with Gasteiger partial charge in [-0.05, 0) is 0 Å². The van der Waals surface area contributed by atoms with E-state index in [1.807, 2.05) is 0 Å². The molecule has 0 aliphatic carbocycles. The summed E-state index contributed by atoms with van der Waals surface area (Å²) >= 11 is 0. The average molecular weight is 596 g/mol.